The van der Waals surface area contributed by atoms with Gasteiger partial charge in [0.25, 0.3) is 11.8 Å². The molecule has 0 aromatic heterocycles. The second kappa shape index (κ2) is 6.04. The molecule has 2 aromatic rings. The second-order valence-electron chi connectivity index (χ2n) is 5.30. The zero-order chi connectivity index (χ0) is 16.6. The predicted octanol–water partition coefficient (Wildman–Crippen LogP) is 3.45. The number of nitrogens with one attached hydrogen (secondary N) is 1. The smallest absolute Gasteiger partial charge is 0.267 e. The molecule has 1 unspecified atom stereocenters. The standard InChI is InChI=1S/C17H15BrN2O3/c1-10-17(22)20(2)14-9-13(7-8-15(14)23-10)19-16(21)11-3-5-12(18)6-4-11/h3-10H,1-2H3,(H,19,21). The normalized spacial score (nSPS) is 16.6. The monoisotopic (exact) mass is 374 g/mol. The Hall–Kier alpha value is -2.34. The Morgan fingerprint density at radius 3 is 2.61 bits per heavy atom. The number of carbonyl (C=O) groups excluding carboxylic acids is 2. The molecule has 118 valence electrons. The highest BCUT2D eigenvalue weighted by atomic mass is 79.9. The van der Waals surface area contributed by atoms with Crippen molar-refractivity contribution in [3.8, 4) is 5.75 Å². The highest BCUT2D eigenvalue weighted by Gasteiger charge is 2.29. The molecule has 0 saturated heterocycles. The minimum atomic E-state index is -0.504. The van der Waals surface area contributed by atoms with Crippen LogP contribution >= 0.6 is 15.9 Å². The third-order valence-corrected chi connectivity index (χ3v) is 4.20. The van der Waals surface area contributed by atoms with E-state index in [0.29, 0.717) is 22.7 Å². The summed E-state index contributed by atoms with van der Waals surface area (Å²) in [7, 11) is 1.69. The third kappa shape index (κ3) is 3.07. The van der Waals surface area contributed by atoms with E-state index < -0.39 is 6.10 Å². The number of hydrogen-bond acceptors (Lipinski definition) is 3. The van der Waals surface area contributed by atoms with Gasteiger partial charge >= 0.3 is 0 Å². The summed E-state index contributed by atoms with van der Waals surface area (Å²) in [4.78, 5) is 25.8. The number of amides is 2. The van der Waals surface area contributed by atoms with Crippen LogP contribution in [0, 0.1) is 0 Å². The number of carbonyl (C=O) groups is 2. The van der Waals surface area contributed by atoms with Crippen molar-refractivity contribution in [3.05, 3.63) is 52.5 Å². The summed E-state index contributed by atoms with van der Waals surface area (Å²) in [5, 5.41) is 2.83. The number of hydrogen-bond donors (Lipinski definition) is 1. The Labute approximate surface area is 142 Å². The quantitative estimate of drug-likeness (QED) is 0.875. The fourth-order valence-corrected chi connectivity index (χ4v) is 2.66. The fraction of sp³-hybridized carbons (Fsp3) is 0.176. The first-order valence-electron chi connectivity index (χ1n) is 7.11. The first kappa shape index (κ1) is 15.6. The average Bonchev–Trinajstić information content (AvgIpc) is 2.54. The molecule has 23 heavy (non-hydrogen) atoms. The van der Waals surface area contributed by atoms with E-state index >= 15 is 0 Å². The van der Waals surface area contributed by atoms with Gasteiger partial charge in [-0.2, -0.15) is 0 Å². The molecule has 0 saturated carbocycles. The van der Waals surface area contributed by atoms with Crippen LogP contribution in [-0.4, -0.2) is 25.0 Å². The molecule has 0 spiro atoms. The van der Waals surface area contributed by atoms with Crippen LogP contribution in [-0.2, 0) is 4.79 Å². The van der Waals surface area contributed by atoms with Crippen molar-refractivity contribution < 1.29 is 14.3 Å². The highest BCUT2D eigenvalue weighted by molar-refractivity contribution is 9.10. The predicted molar refractivity (Wildman–Crippen MR) is 92.0 cm³/mol. The molecule has 3 rings (SSSR count). The largest absolute Gasteiger partial charge is 0.479 e. The number of rotatable bonds is 2. The minimum Gasteiger partial charge on any atom is -0.479 e. The zero-order valence-corrected chi connectivity index (χ0v) is 14.3. The summed E-state index contributed by atoms with van der Waals surface area (Å²) in [5.74, 6) is 0.298. The summed E-state index contributed by atoms with van der Waals surface area (Å²) in [6.07, 6.45) is -0.504. The number of fused-ring (bicyclic) bond motifs is 1. The Bertz CT molecular complexity index is 774. The van der Waals surface area contributed by atoms with Gasteiger partial charge in [-0.15, -0.1) is 0 Å². The van der Waals surface area contributed by atoms with E-state index in [4.69, 9.17) is 4.74 Å². The summed E-state index contributed by atoms with van der Waals surface area (Å²) in [6.45, 7) is 1.71. The molecule has 1 N–H and O–H groups in total. The van der Waals surface area contributed by atoms with Gasteiger partial charge in [-0.1, -0.05) is 15.9 Å². The Kier molecular flexibility index (Phi) is 4.09. The van der Waals surface area contributed by atoms with Crippen LogP contribution in [0.25, 0.3) is 0 Å². The molecule has 0 fully saturated rings. The van der Waals surface area contributed by atoms with Crippen molar-refractivity contribution in [1.82, 2.24) is 0 Å². The van der Waals surface area contributed by atoms with E-state index in [1.165, 1.54) is 0 Å². The average molecular weight is 375 g/mol. The summed E-state index contributed by atoms with van der Waals surface area (Å²) < 4.78 is 6.47. The number of ether oxygens (including phenoxy) is 1. The first-order valence-corrected chi connectivity index (χ1v) is 7.90. The van der Waals surface area contributed by atoms with E-state index in [0.717, 1.165) is 4.47 Å². The fourth-order valence-electron chi connectivity index (χ4n) is 2.39. The molecule has 2 aromatic carbocycles. The van der Waals surface area contributed by atoms with Crippen LogP contribution in [0.3, 0.4) is 0 Å². The lowest BCUT2D eigenvalue weighted by atomic mass is 10.1. The number of benzene rings is 2. The summed E-state index contributed by atoms with van der Waals surface area (Å²) in [6, 6.07) is 12.3. The van der Waals surface area contributed by atoms with Gasteiger partial charge in [-0.05, 0) is 49.4 Å². The van der Waals surface area contributed by atoms with Crippen LogP contribution in [0.15, 0.2) is 46.9 Å². The molecule has 0 bridgehead atoms. The van der Waals surface area contributed by atoms with Crippen molar-refractivity contribution in [2.45, 2.75) is 13.0 Å². The molecule has 5 nitrogen and oxygen atoms in total. The number of halogens is 1. The molecule has 1 aliphatic heterocycles. The zero-order valence-electron chi connectivity index (χ0n) is 12.7. The minimum absolute atomic E-state index is 0.117. The van der Waals surface area contributed by atoms with Crippen LogP contribution < -0.4 is 15.0 Å². The molecule has 2 amide bonds. The Morgan fingerprint density at radius 1 is 1.22 bits per heavy atom. The Morgan fingerprint density at radius 2 is 1.91 bits per heavy atom. The van der Waals surface area contributed by atoms with Crippen molar-refractivity contribution in [1.29, 1.82) is 0 Å². The van der Waals surface area contributed by atoms with Crippen molar-refractivity contribution in [3.63, 3.8) is 0 Å². The summed E-state index contributed by atoms with van der Waals surface area (Å²) >= 11 is 3.34. The lowest BCUT2D eigenvalue weighted by molar-refractivity contribution is -0.125. The lowest BCUT2D eigenvalue weighted by Crippen LogP contribution is -2.41. The van der Waals surface area contributed by atoms with E-state index in [9.17, 15) is 9.59 Å². The molecule has 1 aliphatic rings. The number of likely N-dealkylation sites (N-methyl/N-ethyl adjacent to an activating group) is 1. The van der Waals surface area contributed by atoms with Gasteiger partial charge < -0.3 is 15.0 Å². The highest BCUT2D eigenvalue weighted by Crippen LogP contribution is 2.35. The van der Waals surface area contributed by atoms with E-state index in [2.05, 4.69) is 21.2 Å². The molecule has 1 heterocycles. The molecular weight excluding hydrogens is 360 g/mol. The second-order valence-corrected chi connectivity index (χ2v) is 6.22. The van der Waals surface area contributed by atoms with Gasteiger partial charge in [0.1, 0.15) is 5.75 Å². The van der Waals surface area contributed by atoms with Crippen molar-refractivity contribution >= 4 is 39.1 Å². The third-order valence-electron chi connectivity index (χ3n) is 3.67. The van der Waals surface area contributed by atoms with Gasteiger partial charge in [0.05, 0.1) is 5.69 Å². The molecule has 0 radical (unpaired) electrons. The topological polar surface area (TPSA) is 58.6 Å². The molecular formula is C17H15BrN2O3. The molecule has 1 atom stereocenters. The van der Waals surface area contributed by atoms with E-state index in [1.807, 2.05) is 12.1 Å². The van der Waals surface area contributed by atoms with Crippen LogP contribution in [0.2, 0.25) is 0 Å². The van der Waals surface area contributed by atoms with Gasteiger partial charge in [-0.25, -0.2) is 0 Å². The number of anilines is 2. The molecule has 0 aliphatic carbocycles. The van der Waals surface area contributed by atoms with Crippen LogP contribution in [0.4, 0.5) is 11.4 Å². The molecule has 6 heteroatoms. The maximum absolute atomic E-state index is 12.3. The van der Waals surface area contributed by atoms with Gasteiger partial charge in [0.2, 0.25) is 0 Å². The maximum Gasteiger partial charge on any atom is 0.267 e. The van der Waals surface area contributed by atoms with Gasteiger partial charge in [-0.3, -0.25) is 9.59 Å². The van der Waals surface area contributed by atoms with E-state index in [1.54, 1.807) is 49.2 Å². The SMILES string of the molecule is CC1Oc2ccc(NC(=O)c3ccc(Br)cc3)cc2N(C)C1=O. The van der Waals surface area contributed by atoms with Crippen molar-refractivity contribution in [2.24, 2.45) is 0 Å². The van der Waals surface area contributed by atoms with Crippen molar-refractivity contribution in [2.75, 3.05) is 17.3 Å². The maximum atomic E-state index is 12.3. The van der Waals surface area contributed by atoms with E-state index in [-0.39, 0.29) is 11.8 Å². The van der Waals surface area contributed by atoms with Gasteiger partial charge in [0, 0.05) is 22.8 Å². The van der Waals surface area contributed by atoms with Crippen LogP contribution in [0.5, 0.6) is 5.75 Å². The lowest BCUT2D eigenvalue weighted by Gasteiger charge is -2.30. The first-order chi connectivity index (χ1) is 11.0. The number of nitrogens with zero attached hydrogens (tertiary/aromatic N) is 1. The Balaban J connectivity index is 1.83. The summed E-state index contributed by atoms with van der Waals surface area (Å²) in [5.41, 5.74) is 1.80. The van der Waals surface area contributed by atoms with Gasteiger partial charge in [0.15, 0.2) is 6.10 Å². The van der Waals surface area contributed by atoms with Crippen LogP contribution in [0.1, 0.15) is 17.3 Å².